The monoisotopic (exact) mass is 713 g/mol. The molecule has 0 aliphatic carbocycles. The van der Waals surface area contributed by atoms with E-state index in [-0.39, 0.29) is 11.6 Å². The van der Waals surface area contributed by atoms with Crippen LogP contribution in [-0.4, -0.2) is 65.3 Å². The number of esters is 1. The zero-order valence-corrected chi connectivity index (χ0v) is 28.6. The van der Waals surface area contributed by atoms with Crippen LogP contribution in [0.25, 0.3) is 10.9 Å². The third kappa shape index (κ3) is 7.90. The second kappa shape index (κ2) is 14.8. The molecule has 42 heavy (non-hydrogen) atoms. The smallest absolute Gasteiger partial charge is 0.410 e. The number of benzene rings is 2. The summed E-state index contributed by atoms with van der Waals surface area (Å²) in [6.07, 6.45) is 2.88. The van der Waals surface area contributed by atoms with Crippen molar-refractivity contribution < 1.29 is 28.2 Å². The van der Waals surface area contributed by atoms with Gasteiger partial charge in [-0.05, 0) is 63.1 Å². The van der Waals surface area contributed by atoms with Crippen molar-refractivity contribution in [3.8, 4) is 5.75 Å². The molecule has 3 aromatic rings. The number of halogens is 2. The number of hydrogen-bond acceptors (Lipinski definition) is 7. The lowest BCUT2D eigenvalue weighted by Crippen LogP contribution is -2.51. The van der Waals surface area contributed by atoms with E-state index in [9.17, 15) is 9.59 Å². The fraction of sp³-hybridized carbons (Fsp3) is 0.484. The van der Waals surface area contributed by atoms with Crippen LogP contribution >= 0.6 is 30.3 Å². The molecule has 1 atom stereocenters. The number of hydrogen-bond donors (Lipinski definition) is 0. The van der Waals surface area contributed by atoms with Crippen LogP contribution in [0.15, 0.2) is 36.5 Å². The number of carbonyl (C=O) groups is 2. The van der Waals surface area contributed by atoms with E-state index >= 15 is 4.39 Å². The van der Waals surface area contributed by atoms with E-state index in [1.54, 1.807) is 27.2 Å². The minimum Gasteiger partial charge on any atom is -0.496 e. The van der Waals surface area contributed by atoms with Gasteiger partial charge in [-0.15, -0.1) is 0 Å². The summed E-state index contributed by atoms with van der Waals surface area (Å²) in [5.41, 5.74) is 3.12. The Labute approximate surface area is 264 Å². The van der Waals surface area contributed by atoms with Gasteiger partial charge in [0.2, 0.25) is 0 Å². The topological polar surface area (TPSA) is 73.2 Å². The quantitative estimate of drug-likeness (QED) is 0.190. The molecule has 0 radical (unpaired) electrons. The SMILES string of the molecule is CCC.COC(=O)c1ccc(C2CN(C(=O)OC(C)(C)C)CCN2Cc2c(OC)cc(C)c3c2ccn3SI)cc1F. The zero-order valence-electron chi connectivity index (χ0n) is 25.6. The van der Waals surface area contributed by atoms with Gasteiger partial charge in [0.1, 0.15) is 17.2 Å². The van der Waals surface area contributed by atoms with Crippen molar-refractivity contribution >= 4 is 53.3 Å². The van der Waals surface area contributed by atoms with E-state index in [2.05, 4.69) is 56.9 Å². The molecular weight excluding hydrogens is 672 g/mol. The van der Waals surface area contributed by atoms with E-state index in [0.29, 0.717) is 31.7 Å². The molecule has 0 bridgehead atoms. The molecule has 1 saturated heterocycles. The maximum Gasteiger partial charge on any atom is 0.410 e. The molecule has 230 valence electrons. The Morgan fingerprint density at radius 1 is 1.12 bits per heavy atom. The fourth-order valence-electron chi connectivity index (χ4n) is 4.97. The molecule has 1 fully saturated rings. The molecule has 1 unspecified atom stereocenters. The van der Waals surface area contributed by atoms with Crippen molar-refractivity contribution in [2.24, 2.45) is 0 Å². The summed E-state index contributed by atoms with van der Waals surface area (Å²) < 4.78 is 33.3. The maximum absolute atomic E-state index is 15.0. The van der Waals surface area contributed by atoms with Crippen molar-refractivity contribution in [1.29, 1.82) is 0 Å². The van der Waals surface area contributed by atoms with Crippen LogP contribution in [0.1, 0.15) is 74.1 Å². The Bertz CT molecular complexity index is 1410. The highest BCUT2D eigenvalue weighted by Gasteiger charge is 2.34. The van der Waals surface area contributed by atoms with Gasteiger partial charge in [0.15, 0.2) is 0 Å². The third-order valence-electron chi connectivity index (χ3n) is 6.78. The molecule has 1 aromatic heterocycles. The van der Waals surface area contributed by atoms with Gasteiger partial charge in [-0.1, -0.05) is 26.3 Å². The predicted octanol–water partition coefficient (Wildman–Crippen LogP) is 7.94. The predicted molar refractivity (Wildman–Crippen MR) is 175 cm³/mol. The summed E-state index contributed by atoms with van der Waals surface area (Å²) >= 11 is 2.26. The number of rotatable bonds is 6. The Balaban J connectivity index is 0.00000155. The van der Waals surface area contributed by atoms with Crippen LogP contribution in [-0.2, 0) is 16.0 Å². The minimum absolute atomic E-state index is 0.132. The Morgan fingerprint density at radius 2 is 1.81 bits per heavy atom. The Hall–Kier alpha value is -2.51. The van der Waals surface area contributed by atoms with Crippen LogP contribution in [0.5, 0.6) is 5.75 Å². The number of amides is 1. The molecule has 4 rings (SSSR count). The molecule has 0 N–H and O–H groups in total. The average Bonchev–Trinajstić information content (AvgIpc) is 3.38. The summed E-state index contributed by atoms with van der Waals surface area (Å²) in [7, 11) is 4.47. The number of aryl methyl sites for hydroxylation is 1. The van der Waals surface area contributed by atoms with Crippen LogP contribution in [0, 0.1) is 12.7 Å². The molecule has 1 aliphatic rings. The Kier molecular flexibility index (Phi) is 12.0. The lowest BCUT2D eigenvalue weighted by molar-refractivity contribution is 0.00197. The van der Waals surface area contributed by atoms with Crippen LogP contribution in [0.4, 0.5) is 9.18 Å². The number of fused-ring (bicyclic) bond motifs is 1. The summed E-state index contributed by atoms with van der Waals surface area (Å²) in [5, 5.41) is 1.08. The minimum atomic E-state index is -0.737. The van der Waals surface area contributed by atoms with E-state index in [1.165, 1.54) is 25.7 Å². The molecule has 2 aromatic carbocycles. The largest absolute Gasteiger partial charge is 0.496 e. The van der Waals surface area contributed by atoms with Crippen molar-refractivity contribution in [2.45, 2.75) is 66.2 Å². The van der Waals surface area contributed by atoms with Crippen LogP contribution < -0.4 is 4.74 Å². The first-order valence-corrected chi connectivity index (χ1v) is 17.3. The van der Waals surface area contributed by atoms with Crippen LogP contribution in [0.2, 0.25) is 0 Å². The highest BCUT2D eigenvalue weighted by Crippen LogP contribution is 2.38. The molecule has 1 amide bonds. The van der Waals surface area contributed by atoms with Crippen LogP contribution in [0.3, 0.4) is 0 Å². The molecule has 0 saturated carbocycles. The van der Waals surface area contributed by atoms with Gasteiger partial charge in [0.25, 0.3) is 0 Å². The lowest BCUT2D eigenvalue weighted by Gasteiger charge is -2.42. The third-order valence-corrected chi connectivity index (χ3v) is 8.50. The first kappa shape index (κ1) is 34.0. The highest BCUT2D eigenvalue weighted by molar-refractivity contribution is 14.2. The van der Waals surface area contributed by atoms with Crippen molar-refractivity contribution in [1.82, 2.24) is 13.8 Å². The van der Waals surface area contributed by atoms with Gasteiger partial charge in [-0.25, -0.2) is 14.0 Å². The molecule has 11 heteroatoms. The van der Waals surface area contributed by atoms with Gasteiger partial charge in [0.05, 0.1) is 31.3 Å². The molecular formula is C31H41FIN3O5S. The summed E-state index contributed by atoms with van der Waals surface area (Å²) in [4.78, 5) is 28.8. The van der Waals surface area contributed by atoms with E-state index < -0.39 is 23.5 Å². The van der Waals surface area contributed by atoms with Crippen molar-refractivity contribution in [3.05, 3.63) is 64.6 Å². The molecule has 1 aliphatic heterocycles. The number of methoxy groups -OCH3 is 2. The van der Waals surface area contributed by atoms with E-state index in [1.807, 2.05) is 33.0 Å². The summed E-state index contributed by atoms with van der Waals surface area (Å²) in [5.74, 6) is -0.628. The van der Waals surface area contributed by atoms with Crippen molar-refractivity contribution in [2.75, 3.05) is 33.9 Å². The summed E-state index contributed by atoms with van der Waals surface area (Å²) in [6, 6.07) is 8.28. The number of nitrogens with zero attached hydrogens (tertiary/aromatic N) is 3. The second-order valence-corrected chi connectivity index (χ2v) is 12.9. The van der Waals surface area contributed by atoms with Gasteiger partial charge in [-0.3, -0.25) is 8.87 Å². The number of aromatic nitrogens is 1. The van der Waals surface area contributed by atoms with Gasteiger partial charge >= 0.3 is 12.1 Å². The van der Waals surface area contributed by atoms with Crippen molar-refractivity contribution in [3.63, 3.8) is 0 Å². The van der Waals surface area contributed by atoms with Gasteiger partial charge in [-0.2, -0.15) is 0 Å². The average molecular weight is 714 g/mol. The first-order chi connectivity index (χ1) is 19.9. The van der Waals surface area contributed by atoms with Gasteiger partial charge < -0.3 is 19.1 Å². The Morgan fingerprint density at radius 3 is 2.38 bits per heavy atom. The standard InChI is InChI=1S/C28H33FIN3O5S.C3H8/c1-17-13-24(36-5)21(19-9-10-33(39-30)25(17)19)15-31-11-12-32(27(35)38-28(2,3)4)16-23(31)18-7-8-20(22(29)14-18)26(34)37-6;1-3-2/h7-10,13-14,23H,11-12,15-16H2,1-6H3;3H2,1-2H3. The molecule has 8 nitrogen and oxygen atoms in total. The number of carbonyl (C=O) groups excluding carboxylic acids is 2. The lowest BCUT2D eigenvalue weighted by atomic mass is 9.98. The number of ether oxygens (including phenoxy) is 3. The zero-order chi connectivity index (χ0) is 31.2. The molecule has 2 heterocycles. The first-order valence-electron chi connectivity index (χ1n) is 13.9. The van der Waals surface area contributed by atoms with Gasteiger partial charge in [0, 0.05) is 73.7 Å². The van der Waals surface area contributed by atoms with E-state index in [4.69, 9.17) is 14.2 Å². The molecule has 0 spiro atoms. The summed E-state index contributed by atoms with van der Waals surface area (Å²) in [6.45, 7) is 13.6. The maximum atomic E-state index is 15.0. The second-order valence-electron chi connectivity index (χ2n) is 11.2. The fourth-order valence-corrected chi connectivity index (χ4v) is 6.37. The normalized spacial score (nSPS) is 15.7. The van der Waals surface area contributed by atoms with E-state index in [0.717, 1.165) is 27.8 Å². The number of piperazine rings is 1. The highest BCUT2D eigenvalue weighted by atomic mass is 127.